The van der Waals surface area contributed by atoms with Crippen molar-refractivity contribution >= 4 is 27.5 Å². The molecule has 0 N–H and O–H groups in total. The average molecular weight is 299 g/mol. The molecule has 2 heterocycles. The summed E-state index contributed by atoms with van der Waals surface area (Å²) in [5.41, 5.74) is 0.695. The fraction of sp³-hybridized carbons (Fsp3) is 0.462. The third-order valence-corrected chi connectivity index (χ3v) is 5.67. The topological polar surface area (TPSA) is 49.7 Å². The quantitative estimate of drug-likeness (QED) is 0.689. The average Bonchev–Trinajstić information content (AvgIpc) is 2.66. The second-order valence-electron chi connectivity index (χ2n) is 5.11. The van der Waals surface area contributed by atoms with Gasteiger partial charge in [-0.25, -0.2) is 0 Å². The maximum absolute atomic E-state index is 12.0. The van der Waals surface area contributed by atoms with E-state index in [4.69, 9.17) is 11.6 Å². The van der Waals surface area contributed by atoms with Crippen molar-refractivity contribution in [2.24, 2.45) is 10.3 Å². The predicted molar refractivity (Wildman–Crippen MR) is 75.2 cm³/mol. The molecule has 2 atom stereocenters. The van der Waals surface area contributed by atoms with Gasteiger partial charge in [-0.2, -0.15) is 8.42 Å². The smallest absolute Gasteiger partial charge is 0.285 e. The third-order valence-electron chi connectivity index (χ3n) is 3.78. The number of piperidine rings is 1. The number of hydrogen-bond acceptors (Lipinski definition) is 3. The molecule has 1 aromatic carbocycles. The second-order valence-corrected chi connectivity index (χ2v) is 7.25. The lowest BCUT2D eigenvalue weighted by Crippen LogP contribution is -2.43. The van der Waals surface area contributed by atoms with E-state index in [1.54, 1.807) is 18.2 Å². The number of alkyl halides is 1. The van der Waals surface area contributed by atoms with Crippen molar-refractivity contribution in [3.05, 3.63) is 29.8 Å². The first-order valence-corrected chi connectivity index (χ1v) is 8.20. The fourth-order valence-corrected chi connectivity index (χ4v) is 4.05. The van der Waals surface area contributed by atoms with Crippen LogP contribution in [0.15, 0.2) is 33.6 Å². The summed E-state index contributed by atoms with van der Waals surface area (Å²) in [6.45, 7) is 3.56. The van der Waals surface area contributed by atoms with Gasteiger partial charge in [0.2, 0.25) is 0 Å². The Morgan fingerprint density at radius 3 is 2.84 bits per heavy atom. The van der Waals surface area contributed by atoms with Gasteiger partial charge in [-0.05, 0) is 24.5 Å². The van der Waals surface area contributed by atoms with Gasteiger partial charge in [-0.15, -0.1) is 16.0 Å². The molecule has 3 rings (SSSR count). The van der Waals surface area contributed by atoms with Crippen LogP contribution in [0, 0.1) is 5.92 Å². The van der Waals surface area contributed by atoms with Crippen molar-refractivity contribution in [3.63, 3.8) is 0 Å². The van der Waals surface area contributed by atoms with Crippen LogP contribution in [0.3, 0.4) is 0 Å². The van der Waals surface area contributed by atoms with E-state index in [-0.39, 0.29) is 5.38 Å². The molecule has 0 aromatic heterocycles. The molecule has 2 unspecified atom stereocenters. The highest BCUT2D eigenvalue weighted by Crippen LogP contribution is 2.30. The molecule has 1 aromatic rings. The van der Waals surface area contributed by atoms with Crippen LogP contribution in [0.2, 0.25) is 0 Å². The van der Waals surface area contributed by atoms with Crippen LogP contribution in [0.25, 0.3) is 0 Å². The first-order valence-electron chi connectivity index (χ1n) is 6.32. The zero-order valence-corrected chi connectivity index (χ0v) is 12.2. The van der Waals surface area contributed by atoms with Gasteiger partial charge in [0.05, 0.1) is 5.38 Å². The van der Waals surface area contributed by atoms with Gasteiger partial charge in [0.15, 0.2) is 5.84 Å². The van der Waals surface area contributed by atoms with Crippen LogP contribution in [-0.4, -0.2) is 37.6 Å². The molecular formula is C13H15ClN2O2S. The predicted octanol–water partition coefficient (Wildman–Crippen LogP) is 2.08. The van der Waals surface area contributed by atoms with Crippen molar-refractivity contribution in [1.82, 2.24) is 4.90 Å². The number of halogens is 1. The molecule has 0 radical (unpaired) electrons. The maximum atomic E-state index is 12.0. The highest BCUT2D eigenvalue weighted by molar-refractivity contribution is 7.90. The van der Waals surface area contributed by atoms with Crippen molar-refractivity contribution < 1.29 is 8.42 Å². The zero-order valence-electron chi connectivity index (χ0n) is 10.6. The number of rotatable bonds is 0. The van der Waals surface area contributed by atoms with Gasteiger partial charge >= 0.3 is 0 Å². The van der Waals surface area contributed by atoms with Crippen molar-refractivity contribution in [2.45, 2.75) is 23.6 Å². The van der Waals surface area contributed by atoms with Crippen LogP contribution < -0.4 is 0 Å². The van der Waals surface area contributed by atoms with Gasteiger partial charge in [0.25, 0.3) is 10.0 Å². The molecule has 19 heavy (non-hydrogen) atoms. The van der Waals surface area contributed by atoms with Crippen molar-refractivity contribution in [3.8, 4) is 0 Å². The summed E-state index contributed by atoms with van der Waals surface area (Å²) in [6, 6.07) is 6.96. The minimum Gasteiger partial charge on any atom is -0.354 e. The molecule has 102 valence electrons. The van der Waals surface area contributed by atoms with E-state index in [1.807, 2.05) is 11.0 Å². The lowest BCUT2D eigenvalue weighted by atomic mass is 9.98. The van der Waals surface area contributed by atoms with Crippen molar-refractivity contribution in [2.75, 3.05) is 13.1 Å². The molecule has 2 aliphatic heterocycles. The lowest BCUT2D eigenvalue weighted by molar-refractivity contribution is 0.287. The van der Waals surface area contributed by atoms with Crippen LogP contribution in [-0.2, 0) is 10.0 Å². The Kier molecular flexibility index (Phi) is 3.06. The summed E-state index contributed by atoms with van der Waals surface area (Å²) in [6.07, 6.45) is 0.954. The van der Waals surface area contributed by atoms with Crippen LogP contribution in [0.5, 0.6) is 0 Å². The number of hydrogen-bond donors (Lipinski definition) is 0. The Bertz CT molecular complexity index is 642. The van der Waals surface area contributed by atoms with Gasteiger partial charge in [-0.3, -0.25) is 0 Å². The van der Waals surface area contributed by atoms with Gasteiger partial charge in [0.1, 0.15) is 4.90 Å². The summed E-state index contributed by atoms with van der Waals surface area (Å²) in [7, 11) is -3.53. The summed E-state index contributed by atoms with van der Waals surface area (Å²) in [5, 5.41) is 0.0342. The summed E-state index contributed by atoms with van der Waals surface area (Å²) < 4.78 is 27.9. The van der Waals surface area contributed by atoms with Crippen LogP contribution >= 0.6 is 11.6 Å². The molecule has 0 saturated carbocycles. The molecule has 2 aliphatic rings. The number of benzene rings is 1. The molecule has 0 bridgehead atoms. The maximum Gasteiger partial charge on any atom is 0.285 e. The number of likely N-dealkylation sites (tertiary alicyclic amines) is 1. The fourth-order valence-electron chi connectivity index (χ4n) is 2.53. The molecule has 1 fully saturated rings. The molecule has 1 saturated heterocycles. The Labute approximate surface area is 118 Å². The van der Waals surface area contributed by atoms with Gasteiger partial charge in [0, 0.05) is 18.7 Å². The van der Waals surface area contributed by atoms with E-state index < -0.39 is 10.0 Å². The number of sulfonamides is 1. The second kappa shape index (κ2) is 4.49. The normalized spacial score (nSPS) is 28.9. The molecule has 4 nitrogen and oxygen atoms in total. The minimum atomic E-state index is -3.53. The van der Waals surface area contributed by atoms with E-state index >= 15 is 0 Å². The molecule has 6 heteroatoms. The molecular weight excluding hydrogens is 284 g/mol. The zero-order chi connectivity index (χ0) is 13.6. The van der Waals surface area contributed by atoms with Crippen LogP contribution in [0.4, 0.5) is 0 Å². The van der Waals surface area contributed by atoms with E-state index in [1.165, 1.54) is 0 Å². The highest BCUT2D eigenvalue weighted by Gasteiger charge is 2.34. The van der Waals surface area contributed by atoms with E-state index in [0.29, 0.717) is 28.8 Å². The van der Waals surface area contributed by atoms with Crippen molar-refractivity contribution in [1.29, 1.82) is 0 Å². The number of amidine groups is 1. The first kappa shape index (κ1) is 12.9. The monoisotopic (exact) mass is 298 g/mol. The van der Waals surface area contributed by atoms with E-state index in [0.717, 1.165) is 13.0 Å². The Morgan fingerprint density at radius 2 is 2.11 bits per heavy atom. The largest absolute Gasteiger partial charge is 0.354 e. The summed E-state index contributed by atoms with van der Waals surface area (Å²) in [5.74, 6) is 1.000. The highest BCUT2D eigenvalue weighted by atomic mass is 35.5. The van der Waals surface area contributed by atoms with E-state index in [9.17, 15) is 8.42 Å². The third kappa shape index (κ3) is 2.15. The Hall–Kier alpha value is -1.07. The SMILES string of the molecule is CC1CCN(C2=NS(=O)(=O)c3ccccc32)CC1Cl. The molecule has 0 spiro atoms. The van der Waals surface area contributed by atoms with Crippen LogP contribution in [0.1, 0.15) is 18.9 Å². The van der Waals surface area contributed by atoms with E-state index in [2.05, 4.69) is 11.3 Å². The lowest BCUT2D eigenvalue weighted by Gasteiger charge is -2.35. The van der Waals surface area contributed by atoms with Gasteiger partial charge in [-0.1, -0.05) is 19.1 Å². The number of nitrogens with zero attached hydrogens (tertiary/aromatic N) is 2. The minimum absolute atomic E-state index is 0.0342. The summed E-state index contributed by atoms with van der Waals surface area (Å²) in [4.78, 5) is 2.29. The molecule has 0 aliphatic carbocycles. The Morgan fingerprint density at radius 1 is 1.37 bits per heavy atom. The Balaban J connectivity index is 1.99. The van der Waals surface area contributed by atoms with Gasteiger partial charge < -0.3 is 4.90 Å². The number of fused-ring (bicyclic) bond motifs is 1. The summed E-state index contributed by atoms with van der Waals surface area (Å²) >= 11 is 6.29. The first-order chi connectivity index (χ1) is 8.99. The molecule has 0 amide bonds. The standard InChI is InChI=1S/C13H15ClN2O2S/c1-9-6-7-16(8-11(9)14)13-10-4-2-3-5-12(10)19(17,18)15-13/h2-5,9,11H,6-8H2,1H3.